The van der Waals surface area contributed by atoms with Gasteiger partial charge in [0.15, 0.2) is 0 Å². The van der Waals surface area contributed by atoms with Crippen LogP contribution in [0, 0.1) is 12.8 Å². The van der Waals surface area contributed by atoms with Gasteiger partial charge in [-0.3, -0.25) is 4.79 Å². The highest BCUT2D eigenvalue weighted by molar-refractivity contribution is 7.89. The smallest absolute Gasteiger partial charge is 0.244 e. The fraction of sp³-hybridized carbons (Fsp3) is 0.682. The lowest BCUT2D eigenvalue weighted by Crippen LogP contribution is -2.47. The number of aromatic nitrogens is 2. The summed E-state index contributed by atoms with van der Waals surface area (Å²) in [5.74, 6) is 1.14. The van der Waals surface area contributed by atoms with E-state index in [1.807, 2.05) is 0 Å². The van der Waals surface area contributed by atoms with Gasteiger partial charge in [0.25, 0.3) is 0 Å². The molecular weight excluding hydrogens is 448 g/mol. The third-order valence-corrected chi connectivity index (χ3v) is 9.95. The molecule has 5 rings (SSSR count). The van der Waals surface area contributed by atoms with Crippen molar-refractivity contribution >= 4 is 27.3 Å². The maximum absolute atomic E-state index is 13.5. The summed E-state index contributed by atoms with van der Waals surface area (Å²) in [5, 5.41) is 7.22. The summed E-state index contributed by atoms with van der Waals surface area (Å²) in [6, 6.07) is 1.89. The first-order valence-electron chi connectivity index (χ1n) is 11.7. The summed E-state index contributed by atoms with van der Waals surface area (Å²) in [4.78, 5) is 19.0. The zero-order valence-corrected chi connectivity index (χ0v) is 20.0. The molecule has 1 atom stereocenters. The summed E-state index contributed by atoms with van der Waals surface area (Å²) in [6.45, 7) is 2.48. The first kappa shape index (κ1) is 22.0. The Morgan fingerprint density at radius 1 is 1.16 bits per heavy atom. The molecule has 0 radical (unpaired) electrons. The molecule has 32 heavy (non-hydrogen) atoms. The quantitative estimate of drug-likeness (QED) is 0.676. The highest BCUT2D eigenvalue weighted by Crippen LogP contribution is 2.41. The van der Waals surface area contributed by atoms with Gasteiger partial charge < -0.3 is 9.84 Å². The molecule has 0 spiro atoms. The molecule has 10 heteroatoms. The van der Waals surface area contributed by atoms with Gasteiger partial charge in [0.05, 0.1) is 15.7 Å². The van der Waals surface area contributed by atoms with Crippen LogP contribution in [0.1, 0.15) is 74.5 Å². The Labute approximate surface area is 192 Å². The number of rotatable bonds is 6. The zero-order chi connectivity index (χ0) is 22.3. The van der Waals surface area contributed by atoms with Crippen LogP contribution in [-0.2, 0) is 14.8 Å². The molecule has 3 heterocycles. The van der Waals surface area contributed by atoms with E-state index in [4.69, 9.17) is 4.52 Å². The van der Waals surface area contributed by atoms with Gasteiger partial charge in [-0.05, 0) is 51.5 Å². The molecule has 8 nitrogen and oxygen atoms in total. The Bertz CT molecular complexity index is 1080. The minimum Gasteiger partial charge on any atom is -0.353 e. The number of aryl methyl sites for hydroxylation is 1. The Balaban J connectivity index is 1.30. The van der Waals surface area contributed by atoms with Crippen LogP contribution in [0.25, 0.3) is 10.7 Å². The van der Waals surface area contributed by atoms with Gasteiger partial charge in [-0.1, -0.05) is 24.4 Å². The van der Waals surface area contributed by atoms with Crippen LogP contribution < -0.4 is 5.32 Å². The maximum atomic E-state index is 13.5. The molecule has 1 N–H and O–H groups in total. The third-order valence-electron chi connectivity index (χ3n) is 6.79. The molecule has 1 aliphatic heterocycles. The van der Waals surface area contributed by atoms with Crippen LogP contribution in [0.4, 0.5) is 0 Å². The molecule has 3 fully saturated rings. The standard InChI is InChI=1S/C22H30N4O4S2/c1-14-19(12-18(31-14)20-24-22(30-25-20)15-9-10-15)32(28,29)26-11-5-6-16(13-26)21(27)23-17-7-3-2-4-8-17/h12,15-17H,2-11,13H2,1H3,(H,23,27)/t16-/m1/s1. The van der Waals surface area contributed by atoms with E-state index in [2.05, 4.69) is 15.5 Å². The van der Waals surface area contributed by atoms with Gasteiger partial charge in [0.2, 0.25) is 27.6 Å². The average molecular weight is 479 g/mol. The van der Waals surface area contributed by atoms with Gasteiger partial charge in [-0.25, -0.2) is 8.42 Å². The Hall–Kier alpha value is -1.78. The molecule has 3 aliphatic rings. The SMILES string of the molecule is Cc1sc(-c2noc(C3CC3)n2)cc1S(=O)(=O)N1CCC[C@@H](C(=O)NC2CCCCC2)C1. The number of hydrogen-bond acceptors (Lipinski definition) is 7. The van der Waals surface area contributed by atoms with Crippen LogP contribution in [-0.4, -0.2) is 47.9 Å². The number of hydrogen-bond donors (Lipinski definition) is 1. The summed E-state index contributed by atoms with van der Waals surface area (Å²) in [7, 11) is -3.70. The number of thiophene rings is 1. The van der Waals surface area contributed by atoms with E-state index in [9.17, 15) is 13.2 Å². The van der Waals surface area contributed by atoms with Crippen LogP contribution in [0.2, 0.25) is 0 Å². The van der Waals surface area contributed by atoms with Gasteiger partial charge in [0.1, 0.15) is 0 Å². The maximum Gasteiger partial charge on any atom is 0.244 e. The molecule has 2 aromatic rings. The number of amides is 1. The normalized spacial score (nSPS) is 23.3. The Kier molecular flexibility index (Phi) is 6.11. The third kappa shape index (κ3) is 4.49. The van der Waals surface area contributed by atoms with E-state index >= 15 is 0 Å². The lowest BCUT2D eigenvalue weighted by molar-refractivity contribution is -0.127. The predicted molar refractivity (Wildman–Crippen MR) is 121 cm³/mol. The molecule has 0 bridgehead atoms. The van der Waals surface area contributed by atoms with Gasteiger partial charge >= 0.3 is 0 Å². The number of carbonyl (C=O) groups excluding carboxylic acids is 1. The fourth-order valence-electron chi connectivity index (χ4n) is 4.74. The molecular formula is C22H30N4O4S2. The number of carbonyl (C=O) groups is 1. The summed E-state index contributed by atoms with van der Waals surface area (Å²) >= 11 is 1.36. The van der Waals surface area contributed by atoms with E-state index in [1.165, 1.54) is 22.1 Å². The number of nitrogens with one attached hydrogen (secondary N) is 1. The topological polar surface area (TPSA) is 105 Å². The highest BCUT2D eigenvalue weighted by Gasteiger charge is 2.36. The van der Waals surface area contributed by atoms with Crippen molar-refractivity contribution in [2.24, 2.45) is 5.92 Å². The second kappa shape index (κ2) is 8.87. The Morgan fingerprint density at radius 3 is 2.69 bits per heavy atom. The van der Waals surface area contributed by atoms with Gasteiger partial charge in [-0.2, -0.15) is 9.29 Å². The lowest BCUT2D eigenvalue weighted by Gasteiger charge is -2.32. The van der Waals surface area contributed by atoms with Crippen LogP contribution in [0.3, 0.4) is 0 Å². The molecule has 174 valence electrons. The van der Waals surface area contributed by atoms with Crippen LogP contribution in [0.15, 0.2) is 15.5 Å². The zero-order valence-electron chi connectivity index (χ0n) is 18.4. The largest absolute Gasteiger partial charge is 0.353 e. The van der Waals surface area contributed by atoms with E-state index in [0.29, 0.717) is 40.4 Å². The van der Waals surface area contributed by atoms with E-state index in [-0.39, 0.29) is 29.3 Å². The first-order chi connectivity index (χ1) is 15.4. The minimum absolute atomic E-state index is 0.000989. The molecule has 2 aromatic heterocycles. The summed E-state index contributed by atoms with van der Waals surface area (Å²) < 4.78 is 33.8. The van der Waals surface area contributed by atoms with E-state index < -0.39 is 10.0 Å². The van der Waals surface area contributed by atoms with Gasteiger partial charge in [-0.15, -0.1) is 11.3 Å². The van der Waals surface area contributed by atoms with Crippen molar-refractivity contribution < 1.29 is 17.7 Å². The van der Waals surface area contributed by atoms with Crippen molar-refractivity contribution in [1.29, 1.82) is 0 Å². The minimum atomic E-state index is -3.70. The van der Waals surface area contributed by atoms with Crippen LogP contribution >= 0.6 is 11.3 Å². The molecule has 1 saturated heterocycles. The van der Waals surface area contributed by atoms with Crippen molar-refractivity contribution in [1.82, 2.24) is 19.8 Å². The predicted octanol–water partition coefficient (Wildman–Crippen LogP) is 3.83. The first-order valence-corrected chi connectivity index (χ1v) is 13.9. The van der Waals surface area contributed by atoms with E-state index in [1.54, 1.807) is 13.0 Å². The monoisotopic (exact) mass is 478 g/mol. The molecule has 0 unspecified atom stereocenters. The molecule has 2 aliphatic carbocycles. The van der Waals surface area contributed by atoms with Crippen LogP contribution in [0.5, 0.6) is 0 Å². The molecule has 2 saturated carbocycles. The number of piperidine rings is 1. The fourth-order valence-corrected chi connectivity index (χ4v) is 7.75. The van der Waals surface area contributed by atoms with E-state index in [0.717, 1.165) is 44.9 Å². The Morgan fingerprint density at radius 2 is 1.94 bits per heavy atom. The van der Waals surface area contributed by atoms with Gasteiger partial charge in [0, 0.05) is 29.9 Å². The summed E-state index contributed by atoms with van der Waals surface area (Å²) in [5.41, 5.74) is 0. The molecule has 1 amide bonds. The van der Waals surface area contributed by atoms with Crippen molar-refractivity contribution in [3.05, 3.63) is 16.8 Å². The molecule has 0 aromatic carbocycles. The summed E-state index contributed by atoms with van der Waals surface area (Å²) in [6.07, 6.45) is 9.13. The van der Waals surface area contributed by atoms with Crippen molar-refractivity contribution in [2.75, 3.05) is 13.1 Å². The second-order valence-electron chi connectivity index (χ2n) is 9.31. The van der Waals surface area contributed by atoms with Crippen molar-refractivity contribution in [3.63, 3.8) is 0 Å². The number of sulfonamides is 1. The lowest BCUT2D eigenvalue weighted by atomic mass is 9.93. The van der Waals surface area contributed by atoms with Crippen molar-refractivity contribution in [2.45, 2.75) is 81.6 Å². The average Bonchev–Trinajstić information content (AvgIpc) is 3.39. The second-order valence-corrected chi connectivity index (χ2v) is 12.5. The highest BCUT2D eigenvalue weighted by atomic mass is 32.2. The van der Waals surface area contributed by atoms with Crippen molar-refractivity contribution in [3.8, 4) is 10.7 Å². The number of nitrogens with zero attached hydrogens (tertiary/aromatic N) is 3.